The Kier molecular flexibility index (Phi) is 3.83. The molecule has 0 aliphatic heterocycles. The first-order chi connectivity index (χ1) is 11.0. The zero-order valence-corrected chi connectivity index (χ0v) is 13.4. The monoisotopic (exact) mass is 330 g/mol. The summed E-state index contributed by atoms with van der Waals surface area (Å²) >= 11 is 0. The molecule has 0 N–H and O–H groups in total. The van der Waals surface area contributed by atoms with Gasteiger partial charge in [0.2, 0.25) is 9.84 Å². The van der Waals surface area contributed by atoms with Crippen LogP contribution in [0.1, 0.15) is 0 Å². The number of ether oxygens (including phenoxy) is 1. The molecule has 0 saturated heterocycles. The molecule has 0 saturated carbocycles. The molecule has 0 atom stereocenters. The number of methoxy groups -OCH3 is 1. The predicted molar refractivity (Wildman–Crippen MR) is 84.3 cm³/mol. The maximum Gasteiger partial charge on any atom is 0.254 e. The summed E-state index contributed by atoms with van der Waals surface area (Å²) in [7, 11) is -1.97. The number of hydrogen-bond acceptors (Lipinski definition) is 6. The fourth-order valence-electron chi connectivity index (χ4n) is 2.16. The van der Waals surface area contributed by atoms with Gasteiger partial charge in [0, 0.05) is 24.2 Å². The third-order valence-corrected chi connectivity index (χ3v) is 4.16. The standard InChI is InChI=1S/C15H14N4O3S/c1-22-13-5-3-12(4-6-13)19-14(11-7-9-16-10-8-11)17-18-15(19)23(2,20)21/h3-10H,1-2H3. The lowest BCUT2D eigenvalue weighted by Crippen LogP contribution is -2.08. The number of pyridine rings is 1. The van der Waals surface area contributed by atoms with Gasteiger partial charge in [-0.25, -0.2) is 8.42 Å². The second-order valence-corrected chi connectivity index (χ2v) is 6.76. The van der Waals surface area contributed by atoms with Gasteiger partial charge in [-0.05, 0) is 36.4 Å². The van der Waals surface area contributed by atoms with Crippen LogP contribution >= 0.6 is 0 Å². The van der Waals surface area contributed by atoms with E-state index >= 15 is 0 Å². The fourth-order valence-corrected chi connectivity index (χ4v) is 2.87. The highest BCUT2D eigenvalue weighted by Crippen LogP contribution is 2.25. The lowest BCUT2D eigenvalue weighted by molar-refractivity contribution is 0.414. The molecule has 0 fully saturated rings. The summed E-state index contributed by atoms with van der Waals surface area (Å²) in [5.74, 6) is 1.10. The largest absolute Gasteiger partial charge is 0.497 e. The van der Waals surface area contributed by atoms with Crippen molar-refractivity contribution in [1.29, 1.82) is 0 Å². The molecule has 2 aromatic heterocycles. The van der Waals surface area contributed by atoms with Gasteiger partial charge in [-0.1, -0.05) is 0 Å². The van der Waals surface area contributed by atoms with Crippen molar-refractivity contribution in [2.75, 3.05) is 13.4 Å². The number of nitrogens with zero attached hydrogens (tertiary/aromatic N) is 4. The van der Waals surface area contributed by atoms with Gasteiger partial charge >= 0.3 is 0 Å². The number of aromatic nitrogens is 4. The first-order valence-electron chi connectivity index (χ1n) is 6.71. The molecule has 8 heteroatoms. The number of benzene rings is 1. The first-order valence-corrected chi connectivity index (χ1v) is 8.60. The van der Waals surface area contributed by atoms with Crippen LogP contribution in [-0.2, 0) is 9.84 Å². The Balaban J connectivity index is 2.25. The van der Waals surface area contributed by atoms with Crippen molar-refractivity contribution >= 4 is 9.84 Å². The maximum atomic E-state index is 12.0. The van der Waals surface area contributed by atoms with E-state index in [1.807, 2.05) is 0 Å². The van der Waals surface area contributed by atoms with E-state index < -0.39 is 9.84 Å². The average molecular weight is 330 g/mol. The lowest BCUT2D eigenvalue weighted by atomic mass is 10.2. The summed E-state index contributed by atoms with van der Waals surface area (Å²) in [6.07, 6.45) is 4.33. The van der Waals surface area contributed by atoms with Gasteiger partial charge in [0.1, 0.15) is 5.75 Å². The van der Waals surface area contributed by atoms with E-state index in [9.17, 15) is 8.42 Å². The van der Waals surface area contributed by atoms with E-state index in [4.69, 9.17) is 4.74 Å². The molecule has 23 heavy (non-hydrogen) atoms. The van der Waals surface area contributed by atoms with Gasteiger partial charge in [-0.3, -0.25) is 9.55 Å². The lowest BCUT2D eigenvalue weighted by Gasteiger charge is -2.10. The zero-order chi connectivity index (χ0) is 16.4. The van der Waals surface area contributed by atoms with Crippen LogP contribution in [0.15, 0.2) is 53.9 Å². The van der Waals surface area contributed by atoms with Crippen molar-refractivity contribution in [3.05, 3.63) is 48.8 Å². The smallest absolute Gasteiger partial charge is 0.254 e. The Labute approximate surface area is 133 Å². The summed E-state index contributed by atoms with van der Waals surface area (Å²) in [5, 5.41) is 7.79. The highest BCUT2D eigenvalue weighted by molar-refractivity contribution is 7.90. The van der Waals surface area contributed by atoms with E-state index in [0.29, 0.717) is 17.3 Å². The molecule has 0 amide bonds. The molecular formula is C15H14N4O3S. The topological polar surface area (TPSA) is 87.0 Å². The third-order valence-electron chi connectivity index (χ3n) is 3.23. The third kappa shape index (κ3) is 2.93. The van der Waals surface area contributed by atoms with Crippen molar-refractivity contribution < 1.29 is 13.2 Å². The number of sulfone groups is 1. The van der Waals surface area contributed by atoms with Crippen LogP contribution in [0.3, 0.4) is 0 Å². The molecule has 0 radical (unpaired) electrons. The van der Waals surface area contributed by atoms with E-state index in [-0.39, 0.29) is 5.16 Å². The van der Waals surface area contributed by atoms with Gasteiger partial charge in [-0.15, -0.1) is 10.2 Å². The van der Waals surface area contributed by atoms with Crippen molar-refractivity contribution in [3.8, 4) is 22.8 Å². The first kappa shape index (κ1) is 15.2. The van der Waals surface area contributed by atoms with Gasteiger partial charge in [0.15, 0.2) is 5.82 Å². The summed E-state index contributed by atoms with van der Waals surface area (Å²) in [4.78, 5) is 3.96. The molecule has 3 aromatic rings. The Morgan fingerprint density at radius 1 is 1.00 bits per heavy atom. The Morgan fingerprint density at radius 3 is 2.22 bits per heavy atom. The quantitative estimate of drug-likeness (QED) is 0.724. The molecule has 0 bridgehead atoms. The predicted octanol–water partition coefficient (Wildman–Crippen LogP) is 1.74. The zero-order valence-electron chi connectivity index (χ0n) is 12.5. The normalized spacial score (nSPS) is 11.4. The Hall–Kier alpha value is -2.74. The van der Waals surface area contributed by atoms with Gasteiger partial charge in [0.05, 0.1) is 12.8 Å². The van der Waals surface area contributed by atoms with Crippen LogP contribution in [0.2, 0.25) is 0 Å². The molecule has 0 aliphatic rings. The van der Waals surface area contributed by atoms with E-state index in [1.165, 1.54) is 4.57 Å². The second kappa shape index (κ2) is 5.81. The van der Waals surface area contributed by atoms with E-state index in [2.05, 4.69) is 15.2 Å². The highest BCUT2D eigenvalue weighted by atomic mass is 32.2. The fraction of sp³-hybridized carbons (Fsp3) is 0.133. The van der Waals surface area contributed by atoms with Crippen LogP contribution < -0.4 is 4.74 Å². The van der Waals surface area contributed by atoms with Crippen LogP contribution in [0.25, 0.3) is 17.1 Å². The van der Waals surface area contributed by atoms with Gasteiger partial charge < -0.3 is 4.74 Å². The van der Waals surface area contributed by atoms with Crippen molar-refractivity contribution in [1.82, 2.24) is 19.7 Å². The van der Waals surface area contributed by atoms with E-state index in [1.54, 1.807) is 55.9 Å². The van der Waals surface area contributed by atoms with Crippen LogP contribution in [0.5, 0.6) is 5.75 Å². The van der Waals surface area contributed by atoms with Crippen LogP contribution in [0.4, 0.5) is 0 Å². The molecule has 3 rings (SSSR count). The SMILES string of the molecule is COc1ccc(-n2c(-c3ccncc3)nnc2S(C)(=O)=O)cc1. The van der Waals surface area contributed by atoms with Crippen LogP contribution in [-0.4, -0.2) is 41.5 Å². The molecule has 2 heterocycles. The minimum absolute atomic E-state index is 0.116. The maximum absolute atomic E-state index is 12.0. The molecule has 7 nitrogen and oxygen atoms in total. The molecule has 0 unspecified atom stereocenters. The highest BCUT2D eigenvalue weighted by Gasteiger charge is 2.22. The Bertz CT molecular complexity index is 919. The Morgan fingerprint density at radius 2 is 1.65 bits per heavy atom. The summed E-state index contributed by atoms with van der Waals surface area (Å²) in [5.41, 5.74) is 1.35. The van der Waals surface area contributed by atoms with Crippen molar-refractivity contribution in [2.24, 2.45) is 0 Å². The summed E-state index contributed by atoms with van der Waals surface area (Å²) in [6, 6.07) is 10.5. The molecule has 118 valence electrons. The summed E-state index contributed by atoms with van der Waals surface area (Å²) in [6.45, 7) is 0. The molecule has 0 aliphatic carbocycles. The number of rotatable bonds is 4. The summed E-state index contributed by atoms with van der Waals surface area (Å²) < 4.78 is 30.7. The second-order valence-electron chi connectivity index (χ2n) is 4.85. The van der Waals surface area contributed by atoms with Gasteiger partial charge in [0.25, 0.3) is 5.16 Å². The van der Waals surface area contributed by atoms with Crippen LogP contribution in [0, 0.1) is 0 Å². The minimum atomic E-state index is -3.54. The molecule has 0 spiro atoms. The molecular weight excluding hydrogens is 316 g/mol. The number of hydrogen-bond donors (Lipinski definition) is 0. The van der Waals surface area contributed by atoms with E-state index in [0.717, 1.165) is 11.8 Å². The molecule has 1 aromatic carbocycles. The van der Waals surface area contributed by atoms with Gasteiger partial charge in [-0.2, -0.15) is 0 Å². The average Bonchev–Trinajstić information content (AvgIpc) is 3.01. The van der Waals surface area contributed by atoms with Crippen molar-refractivity contribution in [2.45, 2.75) is 5.16 Å². The van der Waals surface area contributed by atoms with Crippen molar-refractivity contribution in [3.63, 3.8) is 0 Å². The minimum Gasteiger partial charge on any atom is -0.497 e.